The summed E-state index contributed by atoms with van der Waals surface area (Å²) in [5, 5.41) is 56.5. The van der Waals surface area contributed by atoms with Crippen molar-refractivity contribution in [2.24, 2.45) is 44.6 Å². The van der Waals surface area contributed by atoms with Crippen LogP contribution in [-0.4, -0.2) is 188 Å². The molecule has 8 amide bonds. The number of aliphatic hydroxyl groups excluding tert-OH is 1. The summed E-state index contributed by atoms with van der Waals surface area (Å²) < 4.78 is 0. The Morgan fingerprint density at radius 3 is 1.68 bits per heavy atom. The van der Waals surface area contributed by atoms with Gasteiger partial charge in [-0.3, -0.25) is 57.9 Å². The van der Waals surface area contributed by atoms with Gasteiger partial charge in [0.1, 0.15) is 48.3 Å². The van der Waals surface area contributed by atoms with Crippen LogP contribution >= 0.6 is 0 Å². The number of aromatic nitrogens is 1. The zero-order chi connectivity index (χ0) is 59.8. The van der Waals surface area contributed by atoms with E-state index in [0.29, 0.717) is 22.9 Å². The number of H-pyrrole nitrogens is 1. The first-order valence-corrected chi connectivity index (χ1v) is 25.9. The van der Waals surface area contributed by atoms with Gasteiger partial charge in [0.2, 0.25) is 47.3 Å². The number of benzene rings is 1. The Hall–Kier alpha value is -8.61. The van der Waals surface area contributed by atoms with E-state index in [1.54, 1.807) is 44.3 Å². The van der Waals surface area contributed by atoms with Crippen LogP contribution in [0.15, 0.2) is 40.4 Å². The first-order valence-electron chi connectivity index (χ1n) is 25.9. The molecule has 2 heterocycles. The Kier molecular flexibility index (Phi) is 26.5. The zero-order valence-corrected chi connectivity index (χ0v) is 44.8. The largest absolute Gasteiger partial charge is 0.481 e. The van der Waals surface area contributed by atoms with Crippen molar-refractivity contribution in [3.8, 4) is 0 Å². The van der Waals surface area contributed by atoms with E-state index in [-0.39, 0.29) is 76.5 Å². The molecule has 9 atom stereocenters. The van der Waals surface area contributed by atoms with Crippen LogP contribution in [-0.2, 0) is 59.2 Å². The Morgan fingerprint density at radius 2 is 1.14 bits per heavy atom. The highest BCUT2D eigenvalue weighted by Gasteiger charge is 2.39. The smallest absolute Gasteiger partial charge is 0.326 e. The SMILES string of the molecule is CC(C)[C@H](NC(=O)[C@@H](N)CCC(=O)O)C(=O)N[C@@H](CCC(=O)O)C(=O)N[C@@H](CCCN=C(N)N)C(=O)N[C@@H](Cc1c[nH]c2ccccc12)C(=O)N[C@@H](C)C(=O)N[C@@H](CCCN=C(N)N)C(=O)N[C@@H](CO)C(=O)N1CCC[C@H]1C(=O)O. The number of hydrogen-bond donors (Lipinski definition) is 17. The van der Waals surface area contributed by atoms with E-state index in [2.05, 4.69) is 52.2 Å². The molecule has 2 aromatic rings. The molecule has 1 fully saturated rings. The van der Waals surface area contributed by atoms with Crippen LogP contribution in [0.2, 0.25) is 0 Å². The number of amides is 8. The molecular weight excluding hydrogens is 1050 g/mol. The lowest BCUT2D eigenvalue weighted by Crippen LogP contribution is -2.60. The van der Waals surface area contributed by atoms with Crippen LogP contribution in [0.4, 0.5) is 0 Å². The van der Waals surface area contributed by atoms with Gasteiger partial charge in [0.25, 0.3) is 0 Å². The lowest BCUT2D eigenvalue weighted by molar-refractivity contribution is -0.150. The number of nitrogens with one attached hydrogen (secondary N) is 8. The Balaban J connectivity index is 1.95. The lowest BCUT2D eigenvalue weighted by Gasteiger charge is -2.28. The van der Waals surface area contributed by atoms with Crippen LogP contribution in [0.3, 0.4) is 0 Å². The molecule has 0 unspecified atom stereocenters. The second kappa shape index (κ2) is 32.3. The van der Waals surface area contributed by atoms with Crippen LogP contribution in [0.5, 0.6) is 0 Å². The Labute approximate surface area is 459 Å². The number of carbonyl (C=O) groups is 11. The van der Waals surface area contributed by atoms with Gasteiger partial charge >= 0.3 is 17.9 Å². The number of para-hydroxylation sites is 1. The molecule has 442 valence electrons. The van der Waals surface area contributed by atoms with Crippen molar-refractivity contribution in [3.63, 3.8) is 0 Å². The first-order chi connectivity index (χ1) is 37.7. The number of aliphatic carboxylic acids is 3. The van der Waals surface area contributed by atoms with E-state index < -0.39 is 151 Å². The molecule has 0 saturated carbocycles. The molecule has 0 spiro atoms. The number of carboxylic acid groups (broad SMARTS) is 3. The summed E-state index contributed by atoms with van der Waals surface area (Å²) in [6.45, 7) is 3.47. The third kappa shape index (κ3) is 21.3. The van der Waals surface area contributed by atoms with Crippen LogP contribution in [0.1, 0.15) is 90.5 Å². The van der Waals surface area contributed by atoms with Crippen molar-refractivity contribution >= 4 is 88.0 Å². The van der Waals surface area contributed by atoms with Gasteiger partial charge in [-0.1, -0.05) is 32.0 Å². The van der Waals surface area contributed by atoms with Crippen molar-refractivity contribution in [2.45, 2.75) is 146 Å². The van der Waals surface area contributed by atoms with Gasteiger partial charge < -0.3 is 96.2 Å². The summed E-state index contributed by atoms with van der Waals surface area (Å²) >= 11 is 0. The van der Waals surface area contributed by atoms with Crippen LogP contribution < -0.4 is 65.9 Å². The molecule has 1 aromatic heterocycles. The predicted molar refractivity (Wildman–Crippen MR) is 287 cm³/mol. The van der Waals surface area contributed by atoms with E-state index >= 15 is 0 Å². The summed E-state index contributed by atoms with van der Waals surface area (Å²) in [4.78, 5) is 157. The highest BCUT2D eigenvalue weighted by molar-refractivity contribution is 5.99. The van der Waals surface area contributed by atoms with Gasteiger partial charge in [-0.05, 0) is 75.8 Å². The highest BCUT2D eigenvalue weighted by Crippen LogP contribution is 2.21. The molecule has 22 N–H and O–H groups in total. The normalized spacial score (nSPS) is 16.0. The van der Waals surface area contributed by atoms with Gasteiger partial charge in [0.15, 0.2) is 11.9 Å². The summed E-state index contributed by atoms with van der Waals surface area (Å²) in [5.74, 6) is -12.5. The Morgan fingerprint density at radius 1 is 0.637 bits per heavy atom. The first kappa shape index (κ1) is 65.7. The zero-order valence-electron chi connectivity index (χ0n) is 44.8. The topological polar surface area (TPSA) is 527 Å². The average Bonchev–Trinajstić information content (AvgIpc) is 4.06. The monoisotopic (exact) mass is 1130 g/mol. The third-order valence-corrected chi connectivity index (χ3v) is 12.8. The quantitative estimate of drug-likeness (QED) is 0.0177. The average molecular weight is 1130 g/mol. The lowest BCUT2D eigenvalue weighted by atomic mass is 10.0. The fourth-order valence-electron chi connectivity index (χ4n) is 8.44. The maximum atomic E-state index is 14.5. The number of nitrogens with zero attached hydrogens (tertiary/aromatic N) is 3. The Bertz CT molecular complexity index is 2580. The number of carbonyl (C=O) groups excluding carboxylic acids is 8. The van der Waals surface area contributed by atoms with E-state index in [1.807, 2.05) is 0 Å². The molecule has 3 rings (SSSR count). The number of rotatable bonds is 34. The molecule has 1 aliphatic rings. The van der Waals surface area contributed by atoms with Gasteiger partial charge in [0, 0.05) is 56.0 Å². The number of hydrogen-bond acceptors (Lipinski definition) is 15. The van der Waals surface area contributed by atoms with Crippen molar-refractivity contribution in [3.05, 3.63) is 36.0 Å². The van der Waals surface area contributed by atoms with Gasteiger partial charge in [-0.25, -0.2) is 4.79 Å². The molecule has 0 aliphatic carbocycles. The summed E-state index contributed by atoms with van der Waals surface area (Å²) in [7, 11) is 0. The summed E-state index contributed by atoms with van der Waals surface area (Å²) in [5.41, 5.74) is 29.0. The second-order valence-corrected chi connectivity index (χ2v) is 19.4. The van der Waals surface area contributed by atoms with Gasteiger partial charge in [-0.2, -0.15) is 0 Å². The second-order valence-electron chi connectivity index (χ2n) is 19.4. The molecule has 1 saturated heterocycles. The third-order valence-electron chi connectivity index (χ3n) is 12.8. The predicted octanol–water partition coefficient (Wildman–Crippen LogP) is -4.99. The van der Waals surface area contributed by atoms with Crippen LogP contribution in [0.25, 0.3) is 10.9 Å². The summed E-state index contributed by atoms with van der Waals surface area (Å²) in [6, 6.07) is -6.05. The van der Waals surface area contributed by atoms with Crippen LogP contribution in [0, 0.1) is 5.92 Å². The molecule has 0 radical (unpaired) electrons. The maximum absolute atomic E-state index is 14.5. The number of nitrogens with two attached hydrogens (primary N) is 5. The van der Waals surface area contributed by atoms with E-state index in [1.165, 1.54) is 6.92 Å². The number of aliphatic hydroxyl groups is 1. The number of aromatic amines is 1. The standard InChI is InChI=1S/C49H76N16O15/c1-24(2)38(64-40(72)28(50)14-16-36(67)68)45(77)61-32(15-17-37(69)70)43(75)60-31(12-7-19-56-49(53)54)41(73)62-33(21-26-22-57-29-10-5-4-9-27(26)29)44(76)58-25(3)39(71)59-30(11-6-18-55-48(51)52)42(74)63-34(23-66)46(78)65-20-8-13-35(65)47(79)80/h4-5,9-10,22,24-25,28,30-35,38,57,66H,6-8,11-21,23,50H2,1-3H3,(H,58,76)(H,59,71)(H,60,75)(H,61,77)(H,62,73)(H,63,74)(H,64,72)(H,67,68)(H,69,70)(H,79,80)(H4,51,52,55)(H4,53,54,56)/t25-,28-,30-,31-,32-,33-,34-,35-,38-/m0/s1. The fourth-order valence-corrected chi connectivity index (χ4v) is 8.44. The van der Waals surface area contributed by atoms with Crippen molar-refractivity contribution in [1.82, 2.24) is 47.1 Å². The van der Waals surface area contributed by atoms with Crippen molar-refractivity contribution in [1.29, 1.82) is 0 Å². The summed E-state index contributed by atoms with van der Waals surface area (Å²) in [6.07, 6.45) is -0.188. The fraction of sp³-hybridized carbons (Fsp3) is 0.571. The molecule has 31 heteroatoms. The number of aliphatic imine (C=N–C) groups is 2. The molecule has 80 heavy (non-hydrogen) atoms. The molecule has 1 aliphatic heterocycles. The van der Waals surface area contributed by atoms with E-state index in [9.17, 15) is 68.1 Å². The van der Waals surface area contributed by atoms with Crippen molar-refractivity contribution < 1.29 is 73.2 Å². The molecular formula is C49H76N16O15. The van der Waals surface area contributed by atoms with E-state index in [0.717, 1.165) is 4.90 Å². The van der Waals surface area contributed by atoms with E-state index in [4.69, 9.17) is 33.8 Å². The number of fused-ring (bicyclic) bond motifs is 1. The number of likely N-dealkylation sites (tertiary alicyclic amines) is 1. The molecule has 31 nitrogen and oxygen atoms in total. The van der Waals surface area contributed by atoms with Gasteiger partial charge in [-0.15, -0.1) is 0 Å². The maximum Gasteiger partial charge on any atom is 0.326 e. The van der Waals surface area contributed by atoms with Gasteiger partial charge in [0.05, 0.1) is 12.6 Å². The minimum absolute atomic E-state index is 0.0000714. The highest BCUT2D eigenvalue weighted by atomic mass is 16.4. The van der Waals surface area contributed by atoms with Crippen molar-refractivity contribution in [2.75, 3.05) is 26.2 Å². The number of guanidine groups is 2. The number of carboxylic acids is 3. The minimum Gasteiger partial charge on any atom is -0.481 e. The molecule has 1 aromatic carbocycles. The minimum atomic E-state index is -1.64. The molecule has 0 bridgehead atoms.